The summed E-state index contributed by atoms with van der Waals surface area (Å²) in [6, 6.07) is 3.28. The Morgan fingerprint density at radius 3 is 3.20 bits per heavy atom. The lowest BCUT2D eigenvalue weighted by molar-refractivity contribution is 0.0954. The summed E-state index contributed by atoms with van der Waals surface area (Å²) in [7, 11) is 0. The van der Waals surface area contributed by atoms with E-state index in [1.54, 1.807) is 0 Å². The summed E-state index contributed by atoms with van der Waals surface area (Å²) in [6.45, 7) is -3.23. The number of hydrogen-bond donors (Lipinski definition) is 1. The summed E-state index contributed by atoms with van der Waals surface area (Å²) in [5.41, 5.74) is 0.217. The molecular weight excluding hydrogens is 194 g/mol. The molecule has 0 aromatic heterocycles. The molecule has 0 bridgehead atoms. The Kier molecular flexibility index (Phi) is 1.43. The van der Waals surface area contributed by atoms with Gasteiger partial charge >= 0.3 is 0 Å². The summed E-state index contributed by atoms with van der Waals surface area (Å²) >= 11 is 0. The fraction of sp³-hybridized carbons (Fsp3) is 0.364. The van der Waals surface area contributed by atoms with E-state index < -0.39 is 25.5 Å². The van der Waals surface area contributed by atoms with E-state index in [0.29, 0.717) is 0 Å². The van der Waals surface area contributed by atoms with Crippen LogP contribution in [0.5, 0.6) is 11.5 Å². The molecular formula is C11H13NO3. The number of rotatable bonds is 3. The normalized spacial score (nSPS) is 24.2. The molecule has 0 amide bonds. The van der Waals surface area contributed by atoms with Gasteiger partial charge in [0.2, 0.25) is 6.75 Å². The molecule has 4 heteroatoms. The quantitative estimate of drug-likeness (QED) is 0.765. The number of Topliss-reactive ketones (excluding diaryl/α,β-unsaturated/α-hetero) is 1. The van der Waals surface area contributed by atoms with Gasteiger partial charge in [0, 0.05) is 9.68 Å². The monoisotopic (exact) mass is 212 g/mol. The molecule has 2 rings (SSSR count). The highest BCUT2D eigenvalue weighted by molar-refractivity contribution is 6.00. The third-order valence-electron chi connectivity index (χ3n) is 2.14. The molecule has 1 aromatic carbocycles. The van der Waals surface area contributed by atoms with Crippen LogP contribution in [0.1, 0.15) is 24.1 Å². The molecule has 1 heterocycles. The zero-order chi connectivity index (χ0) is 15.1. The molecule has 1 aliphatic heterocycles. The number of ketones is 1. The fourth-order valence-corrected chi connectivity index (χ4v) is 1.25. The molecule has 1 unspecified atom stereocenters. The highest BCUT2D eigenvalue weighted by Gasteiger charge is 2.18. The maximum Gasteiger partial charge on any atom is 0.231 e. The lowest BCUT2D eigenvalue weighted by Crippen LogP contribution is -2.30. The van der Waals surface area contributed by atoms with Gasteiger partial charge in [-0.2, -0.15) is 0 Å². The van der Waals surface area contributed by atoms with Crippen molar-refractivity contribution in [1.29, 1.82) is 0 Å². The first-order valence-corrected chi connectivity index (χ1v) is 4.41. The van der Waals surface area contributed by atoms with Crippen LogP contribution < -0.4 is 14.8 Å². The smallest absolute Gasteiger partial charge is 0.231 e. The van der Waals surface area contributed by atoms with Gasteiger partial charge in [0.25, 0.3) is 0 Å². The summed E-state index contributed by atoms with van der Waals surface area (Å²) in [4.78, 5) is 12.1. The van der Waals surface area contributed by atoms with Crippen LogP contribution in [0, 0.1) is 0 Å². The molecule has 1 atom stereocenters. The third-order valence-corrected chi connectivity index (χ3v) is 2.14. The summed E-state index contributed by atoms with van der Waals surface area (Å²) < 4.78 is 45.6. The Morgan fingerprint density at radius 1 is 1.60 bits per heavy atom. The topological polar surface area (TPSA) is 47.6 Å². The van der Waals surface area contributed by atoms with Crippen molar-refractivity contribution in [3.05, 3.63) is 23.8 Å². The van der Waals surface area contributed by atoms with E-state index in [-0.39, 0.29) is 17.1 Å². The lowest BCUT2D eigenvalue weighted by atomic mass is 10.1. The van der Waals surface area contributed by atoms with Gasteiger partial charge in [0.05, 0.1) is 6.04 Å². The van der Waals surface area contributed by atoms with E-state index in [9.17, 15) is 4.79 Å². The number of hydrogen-bond acceptors (Lipinski definition) is 4. The number of nitrogens with one attached hydrogen (secondary N) is 1. The van der Waals surface area contributed by atoms with Crippen molar-refractivity contribution in [3.63, 3.8) is 0 Å². The number of fused-ring (bicyclic) bond motifs is 1. The molecule has 0 aliphatic carbocycles. The Balaban J connectivity index is 2.17. The molecule has 1 N–H and O–H groups in total. The second-order valence-corrected chi connectivity index (χ2v) is 3.18. The standard InChI is InChI=1S/C11H13NO3/c1-7(12-2)11(13)8-3-4-9-10(5-8)15-6-14-9/h3-5,7,12H,6H2,1-2H3/i2D3,6D2. The second-order valence-electron chi connectivity index (χ2n) is 3.18. The predicted octanol–water partition coefficient (Wildman–Crippen LogP) is 1.21. The van der Waals surface area contributed by atoms with Crippen LogP contribution in [-0.4, -0.2) is 25.5 Å². The lowest BCUT2D eigenvalue weighted by Gasteiger charge is -2.09. The van der Waals surface area contributed by atoms with Crippen LogP contribution in [-0.2, 0) is 0 Å². The second kappa shape index (κ2) is 3.90. The Morgan fingerprint density at radius 2 is 2.40 bits per heavy atom. The van der Waals surface area contributed by atoms with E-state index in [1.807, 2.05) is 0 Å². The highest BCUT2D eigenvalue weighted by atomic mass is 16.7. The van der Waals surface area contributed by atoms with Crippen molar-refractivity contribution >= 4 is 5.78 Å². The first kappa shape index (κ1) is 5.51. The zero-order valence-corrected chi connectivity index (χ0v) is 8.03. The SMILES string of the molecule is [2H]C([2H])([2H])NC(C)C(=O)c1ccc2c(c1)OC([2H])([2H])O2. The molecule has 0 spiro atoms. The minimum Gasteiger partial charge on any atom is -0.454 e. The van der Waals surface area contributed by atoms with Crippen molar-refractivity contribution in [2.75, 3.05) is 13.7 Å². The van der Waals surface area contributed by atoms with Crippen molar-refractivity contribution in [2.24, 2.45) is 0 Å². The van der Waals surface area contributed by atoms with Crippen molar-refractivity contribution in [1.82, 2.24) is 5.32 Å². The Hall–Kier alpha value is -1.55. The van der Waals surface area contributed by atoms with Gasteiger partial charge in [-0.1, -0.05) is 0 Å². The van der Waals surface area contributed by atoms with Gasteiger partial charge in [-0.15, -0.1) is 0 Å². The first-order chi connectivity index (χ1) is 9.07. The van der Waals surface area contributed by atoms with Gasteiger partial charge in [0.15, 0.2) is 17.3 Å². The molecule has 1 aromatic rings. The molecule has 4 nitrogen and oxygen atoms in total. The Labute approximate surface area is 95.2 Å². The number of carbonyl (C=O) groups is 1. The number of ether oxygens (including phenoxy) is 2. The van der Waals surface area contributed by atoms with E-state index in [1.165, 1.54) is 25.1 Å². The van der Waals surface area contributed by atoms with Crippen molar-refractivity contribution < 1.29 is 21.1 Å². The van der Waals surface area contributed by atoms with Gasteiger partial charge < -0.3 is 14.8 Å². The maximum atomic E-state index is 12.1. The van der Waals surface area contributed by atoms with Crippen LogP contribution in [0.2, 0.25) is 0 Å². The van der Waals surface area contributed by atoms with Gasteiger partial charge in [-0.3, -0.25) is 4.79 Å². The van der Waals surface area contributed by atoms with Gasteiger partial charge in [0.1, 0.15) is 2.74 Å². The number of benzene rings is 1. The number of carbonyl (C=O) groups excluding carboxylic acids is 1. The first-order valence-electron chi connectivity index (χ1n) is 6.91. The van der Waals surface area contributed by atoms with Crippen LogP contribution in [0.3, 0.4) is 0 Å². The minimum atomic E-state index is -2.41. The predicted molar refractivity (Wildman–Crippen MR) is 55.4 cm³/mol. The number of likely N-dealkylation sites (N-methyl/N-ethyl adjacent to an activating group) is 1. The minimum absolute atomic E-state index is 0.113. The van der Waals surface area contributed by atoms with E-state index in [4.69, 9.17) is 16.3 Å². The van der Waals surface area contributed by atoms with E-state index in [0.717, 1.165) is 0 Å². The zero-order valence-electron chi connectivity index (χ0n) is 13.0. The maximum absolute atomic E-state index is 12.1. The van der Waals surface area contributed by atoms with Crippen LogP contribution in [0.25, 0.3) is 0 Å². The molecule has 1 aliphatic rings. The summed E-state index contributed by atoms with van der Waals surface area (Å²) in [6.07, 6.45) is 0. The van der Waals surface area contributed by atoms with Crippen LogP contribution in [0.4, 0.5) is 0 Å². The van der Waals surface area contributed by atoms with Crippen LogP contribution in [0.15, 0.2) is 18.2 Å². The summed E-state index contributed by atoms with van der Waals surface area (Å²) in [5, 5.41) is 2.21. The van der Waals surface area contributed by atoms with E-state index in [2.05, 4.69) is 5.32 Å². The van der Waals surface area contributed by atoms with Gasteiger partial charge in [-0.05, 0) is 32.1 Å². The third kappa shape index (κ3) is 1.80. The fourth-order valence-electron chi connectivity index (χ4n) is 1.25. The van der Waals surface area contributed by atoms with E-state index >= 15 is 0 Å². The highest BCUT2D eigenvalue weighted by Crippen LogP contribution is 2.32. The largest absolute Gasteiger partial charge is 0.454 e. The summed E-state index contributed by atoms with van der Waals surface area (Å²) in [5.74, 6) is -0.120. The molecule has 15 heavy (non-hydrogen) atoms. The van der Waals surface area contributed by atoms with Crippen molar-refractivity contribution in [2.45, 2.75) is 13.0 Å². The van der Waals surface area contributed by atoms with Crippen molar-refractivity contribution in [3.8, 4) is 11.5 Å². The Bertz CT molecular complexity index is 543. The molecule has 80 valence electrons. The van der Waals surface area contributed by atoms with Gasteiger partial charge in [-0.25, -0.2) is 0 Å². The molecule has 0 fully saturated rings. The molecule has 0 saturated heterocycles. The average molecular weight is 212 g/mol. The molecule has 0 saturated carbocycles. The molecule has 0 radical (unpaired) electrons. The van der Waals surface area contributed by atoms with Crippen LogP contribution >= 0.6 is 0 Å². The average Bonchev–Trinajstić information content (AvgIpc) is 2.58.